The van der Waals surface area contributed by atoms with Gasteiger partial charge in [0.25, 0.3) is 0 Å². The number of allylic oxidation sites excluding steroid dienone is 1. The number of ether oxygens (including phenoxy) is 1. The van der Waals surface area contributed by atoms with E-state index in [9.17, 15) is 13.2 Å². The quantitative estimate of drug-likeness (QED) is 0.204. The molecule has 0 saturated heterocycles. The highest BCUT2D eigenvalue weighted by Gasteiger charge is 2.31. The van der Waals surface area contributed by atoms with E-state index in [1.165, 1.54) is 6.08 Å². The highest BCUT2D eigenvalue weighted by atomic mass is 35.5. The minimum absolute atomic E-state index is 0.107. The first-order chi connectivity index (χ1) is 11.6. The van der Waals surface area contributed by atoms with Crippen LogP contribution in [0.5, 0.6) is 5.88 Å². The molecule has 3 N–H and O–H groups in total. The molecule has 0 radical (unpaired) electrons. The largest absolute Gasteiger partial charge is 0.422 e. The number of nitrogens with one attached hydrogen (secondary N) is 1. The van der Waals surface area contributed by atoms with E-state index in [1.54, 1.807) is 6.92 Å². The highest BCUT2D eigenvalue weighted by Crippen LogP contribution is 2.33. The van der Waals surface area contributed by atoms with Crippen LogP contribution in [0.4, 0.5) is 13.2 Å². The van der Waals surface area contributed by atoms with Gasteiger partial charge in [-0.3, -0.25) is 10.3 Å². The minimum atomic E-state index is -4.54. The van der Waals surface area contributed by atoms with Crippen LogP contribution in [0.25, 0.3) is 0 Å². The molecule has 0 spiro atoms. The summed E-state index contributed by atoms with van der Waals surface area (Å²) in [6.45, 7) is 4.54. The molecule has 0 aromatic carbocycles. The van der Waals surface area contributed by atoms with Gasteiger partial charge in [0.2, 0.25) is 5.88 Å². The molecule has 1 rings (SSSR count). The van der Waals surface area contributed by atoms with Crippen LogP contribution in [0.3, 0.4) is 0 Å². The standard InChI is InChI=1S/C15H20ClF3N4OS/c1-3-4-5-21-14(25)23-9(2)6-12(20)24-13-11(16)7-10(8-22-13)15(17,18)19/h6-8,14,21,25H,3-5,20H2,1-2H3. The molecule has 140 valence electrons. The lowest BCUT2D eigenvalue weighted by Gasteiger charge is -2.11. The number of nitrogens with zero attached hydrogens (tertiary/aromatic N) is 2. The Hall–Kier alpha value is -1.45. The molecule has 0 saturated carbocycles. The number of aromatic nitrogens is 1. The number of unbranched alkanes of at least 4 members (excludes halogenated alkanes) is 1. The van der Waals surface area contributed by atoms with Crippen molar-refractivity contribution >= 4 is 29.9 Å². The average molecular weight is 397 g/mol. The zero-order chi connectivity index (χ0) is 19.0. The molecule has 1 atom stereocenters. The van der Waals surface area contributed by atoms with Gasteiger partial charge in [-0.05, 0) is 26.0 Å². The summed E-state index contributed by atoms with van der Waals surface area (Å²) >= 11 is 10.0. The summed E-state index contributed by atoms with van der Waals surface area (Å²) in [5.41, 5.74) is 4.84. The average Bonchev–Trinajstić information content (AvgIpc) is 2.48. The van der Waals surface area contributed by atoms with Crippen LogP contribution in [-0.2, 0) is 6.18 Å². The smallest absolute Gasteiger partial charge is 0.417 e. The third-order valence-corrected chi connectivity index (χ3v) is 3.45. The third-order valence-electron chi connectivity index (χ3n) is 2.88. The molecule has 0 amide bonds. The predicted octanol–water partition coefficient (Wildman–Crippen LogP) is 4.00. The number of aliphatic imine (C=N–C) groups is 1. The Morgan fingerprint density at radius 2 is 2.24 bits per heavy atom. The highest BCUT2D eigenvalue weighted by molar-refractivity contribution is 7.80. The van der Waals surface area contributed by atoms with Crippen LogP contribution < -0.4 is 15.8 Å². The maximum atomic E-state index is 12.6. The molecule has 10 heteroatoms. The summed E-state index contributed by atoms with van der Waals surface area (Å²) < 4.78 is 42.9. The Kier molecular flexibility index (Phi) is 8.54. The first kappa shape index (κ1) is 21.6. The Bertz CT molecular complexity index is 638. The van der Waals surface area contributed by atoms with Crippen molar-refractivity contribution in [1.82, 2.24) is 10.3 Å². The number of alkyl halides is 3. The SMILES string of the molecule is CCCCNC(S)N=C(C)C=C(N)Oc1ncc(C(F)(F)F)cc1Cl. The molecular formula is C15H20ClF3N4OS. The van der Waals surface area contributed by atoms with Crippen molar-refractivity contribution in [3.8, 4) is 5.88 Å². The van der Waals surface area contributed by atoms with Gasteiger partial charge >= 0.3 is 6.18 Å². The number of pyridine rings is 1. The minimum Gasteiger partial charge on any atom is -0.422 e. The molecule has 0 aliphatic rings. The molecule has 1 aromatic rings. The van der Waals surface area contributed by atoms with E-state index in [0.717, 1.165) is 25.5 Å². The molecule has 5 nitrogen and oxygen atoms in total. The Morgan fingerprint density at radius 3 is 2.80 bits per heavy atom. The van der Waals surface area contributed by atoms with Crippen molar-refractivity contribution in [2.75, 3.05) is 6.54 Å². The third kappa shape index (κ3) is 7.98. The van der Waals surface area contributed by atoms with Gasteiger partial charge in [0.05, 0.1) is 5.56 Å². The Balaban J connectivity index is 2.74. The fraction of sp³-hybridized carbons (Fsp3) is 0.467. The lowest BCUT2D eigenvalue weighted by molar-refractivity contribution is -0.137. The second-order valence-electron chi connectivity index (χ2n) is 5.11. The van der Waals surface area contributed by atoms with Crippen molar-refractivity contribution in [1.29, 1.82) is 0 Å². The fourth-order valence-corrected chi connectivity index (χ4v) is 2.20. The van der Waals surface area contributed by atoms with Crippen LogP contribution in [0, 0.1) is 0 Å². The normalized spacial score (nSPS) is 14.5. The van der Waals surface area contributed by atoms with Crippen LogP contribution in [0.1, 0.15) is 32.3 Å². The van der Waals surface area contributed by atoms with Crippen LogP contribution in [-0.4, -0.2) is 22.7 Å². The van der Waals surface area contributed by atoms with E-state index < -0.39 is 17.2 Å². The zero-order valence-electron chi connectivity index (χ0n) is 13.8. The summed E-state index contributed by atoms with van der Waals surface area (Å²) in [5, 5.41) is 2.80. The Labute approximate surface area is 154 Å². The first-order valence-electron chi connectivity index (χ1n) is 7.47. The molecule has 1 unspecified atom stereocenters. The van der Waals surface area contributed by atoms with E-state index in [2.05, 4.69) is 34.8 Å². The van der Waals surface area contributed by atoms with E-state index in [4.69, 9.17) is 22.1 Å². The molecule has 0 aliphatic carbocycles. The van der Waals surface area contributed by atoms with Gasteiger partial charge in [0, 0.05) is 18.0 Å². The first-order valence-corrected chi connectivity index (χ1v) is 8.36. The molecule has 1 heterocycles. The van der Waals surface area contributed by atoms with Crippen molar-refractivity contribution in [3.63, 3.8) is 0 Å². The maximum Gasteiger partial charge on any atom is 0.417 e. The van der Waals surface area contributed by atoms with E-state index in [0.29, 0.717) is 11.9 Å². The van der Waals surface area contributed by atoms with Gasteiger partial charge in [-0.15, -0.1) is 12.6 Å². The van der Waals surface area contributed by atoms with Gasteiger partial charge in [0.1, 0.15) is 10.5 Å². The summed E-state index contributed by atoms with van der Waals surface area (Å²) in [7, 11) is 0. The number of thiol groups is 1. The van der Waals surface area contributed by atoms with Crippen molar-refractivity contribution in [2.45, 2.75) is 38.4 Å². The second kappa shape index (κ2) is 9.88. The van der Waals surface area contributed by atoms with Crippen LogP contribution >= 0.6 is 24.2 Å². The van der Waals surface area contributed by atoms with Gasteiger partial charge in [0.15, 0.2) is 5.88 Å². The number of halogens is 4. The Morgan fingerprint density at radius 1 is 1.56 bits per heavy atom. The van der Waals surface area contributed by atoms with Gasteiger partial charge < -0.3 is 10.5 Å². The molecule has 0 fully saturated rings. The number of hydrogen-bond acceptors (Lipinski definition) is 6. The lowest BCUT2D eigenvalue weighted by Crippen LogP contribution is -2.24. The van der Waals surface area contributed by atoms with Crippen molar-refractivity contribution < 1.29 is 17.9 Å². The molecule has 1 aromatic heterocycles. The fourth-order valence-electron chi connectivity index (χ4n) is 1.69. The monoisotopic (exact) mass is 396 g/mol. The summed E-state index contributed by atoms with van der Waals surface area (Å²) in [6, 6.07) is 0.722. The molecule has 25 heavy (non-hydrogen) atoms. The number of hydrogen-bond donors (Lipinski definition) is 3. The van der Waals surface area contributed by atoms with Crippen molar-refractivity contribution in [2.24, 2.45) is 10.7 Å². The summed E-state index contributed by atoms with van der Waals surface area (Å²) in [5.74, 6) is -0.329. The number of rotatable bonds is 8. The molecule has 0 bridgehead atoms. The second-order valence-corrected chi connectivity index (χ2v) is 6.01. The predicted molar refractivity (Wildman–Crippen MR) is 95.9 cm³/mol. The van der Waals surface area contributed by atoms with Gasteiger partial charge in [-0.2, -0.15) is 13.2 Å². The van der Waals surface area contributed by atoms with E-state index in [-0.39, 0.29) is 16.8 Å². The van der Waals surface area contributed by atoms with Gasteiger partial charge in [-0.25, -0.2) is 4.98 Å². The molecular weight excluding hydrogens is 377 g/mol. The van der Waals surface area contributed by atoms with E-state index in [1.807, 2.05) is 0 Å². The van der Waals surface area contributed by atoms with Crippen LogP contribution in [0.15, 0.2) is 29.2 Å². The topological polar surface area (TPSA) is 72.5 Å². The van der Waals surface area contributed by atoms with Crippen LogP contribution in [0.2, 0.25) is 5.02 Å². The van der Waals surface area contributed by atoms with E-state index >= 15 is 0 Å². The van der Waals surface area contributed by atoms with Gasteiger partial charge in [-0.1, -0.05) is 24.9 Å². The zero-order valence-corrected chi connectivity index (χ0v) is 15.4. The lowest BCUT2D eigenvalue weighted by atomic mass is 10.3. The summed E-state index contributed by atoms with van der Waals surface area (Å²) in [6.07, 6.45) is -0.452. The summed E-state index contributed by atoms with van der Waals surface area (Å²) in [4.78, 5) is 7.77. The maximum absolute atomic E-state index is 12.6. The van der Waals surface area contributed by atoms with Crippen molar-refractivity contribution in [3.05, 3.63) is 34.8 Å². The molecule has 0 aliphatic heterocycles. The number of nitrogens with two attached hydrogens (primary N) is 1.